The summed E-state index contributed by atoms with van der Waals surface area (Å²) in [6.45, 7) is 3.58. The van der Waals surface area contributed by atoms with E-state index in [9.17, 15) is 13.6 Å². The van der Waals surface area contributed by atoms with Crippen molar-refractivity contribution in [3.05, 3.63) is 23.8 Å². The smallest absolute Gasteiger partial charge is 0.387 e. The van der Waals surface area contributed by atoms with Gasteiger partial charge in [0, 0.05) is 25.1 Å². The molecule has 1 amide bonds. The molecule has 0 aromatic heterocycles. The Hall–Kier alpha value is -1.89. The van der Waals surface area contributed by atoms with Crippen LogP contribution in [-0.2, 0) is 9.53 Å². The van der Waals surface area contributed by atoms with Gasteiger partial charge in [-0.15, -0.1) is 0 Å². The van der Waals surface area contributed by atoms with E-state index < -0.39 is 6.61 Å². The van der Waals surface area contributed by atoms with E-state index in [4.69, 9.17) is 14.2 Å². The summed E-state index contributed by atoms with van der Waals surface area (Å²) in [5.41, 5.74) is 0.481. The fourth-order valence-electron chi connectivity index (χ4n) is 6.43. The van der Waals surface area contributed by atoms with E-state index in [0.29, 0.717) is 18.1 Å². The molecule has 1 heterocycles. The molecule has 29 heavy (non-hydrogen) atoms. The van der Waals surface area contributed by atoms with Crippen LogP contribution in [0.15, 0.2) is 18.2 Å². The number of carbonyl (C=O) groups excluding carboxylic acids is 1. The predicted molar refractivity (Wildman–Crippen MR) is 103 cm³/mol. The molecule has 1 aromatic carbocycles. The maximum absolute atomic E-state index is 13.1. The summed E-state index contributed by atoms with van der Waals surface area (Å²) in [6, 6.07) is 5.21. The van der Waals surface area contributed by atoms with Crippen LogP contribution in [-0.4, -0.2) is 32.3 Å². The molecule has 1 aromatic rings. The minimum atomic E-state index is -2.95. The Balaban J connectivity index is 1.75. The molecule has 5 atom stereocenters. The van der Waals surface area contributed by atoms with Gasteiger partial charge in [-0.05, 0) is 48.0 Å². The van der Waals surface area contributed by atoms with Gasteiger partial charge in [0.1, 0.15) is 0 Å². The molecular weight excluding hydrogens is 380 g/mol. The fourth-order valence-corrected chi connectivity index (χ4v) is 6.43. The Bertz CT molecular complexity index is 799. The van der Waals surface area contributed by atoms with Gasteiger partial charge in [0.2, 0.25) is 5.91 Å². The number of ether oxygens (including phenoxy) is 3. The van der Waals surface area contributed by atoms with Gasteiger partial charge in [-0.25, -0.2) is 0 Å². The minimum Gasteiger partial charge on any atom is -0.493 e. The van der Waals surface area contributed by atoms with Gasteiger partial charge in [-0.1, -0.05) is 26.0 Å². The van der Waals surface area contributed by atoms with E-state index in [-0.39, 0.29) is 46.3 Å². The number of hydrogen-bond donors (Lipinski definition) is 1. The number of methoxy groups -OCH3 is 1. The summed E-state index contributed by atoms with van der Waals surface area (Å²) < 4.78 is 42.6. The van der Waals surface area contributed by atoms with E-state index in [1.807, 2.05) is 0 Å². The van der Waals surface area contributed by atoms with Crippen molar-refractivity contribution in [2.45, 2.75) is 58.8 Å². The van der Waals surface area contributed by atoms with E-state index in [1.165, 1.54) is 7.11 Å². The number of nitrogens with one attached hydrogen (secondary N) is 1. The lowest BCUT2D eigenvalue weighted by molar-refractivity contribution is -0.137. The number of benzene rings is 1. The van der Waals surface area contributed by atoms with Crippen LogP contribution in [0.2, 0.25) is 0 Å². The van der Waals surface area contributed by atoms with Gasteiger partial charge in [0.25, 0.3) is 0 Å². The maximum atomic E-state index is 13.1. The third kappa shape index (κ3) is 3.09. The van der Waals surface area contributed by atoms with Crippen LogP contribution in [0.4, 0.5) is 8.78 Å². The van der Waals surface area contributed by atoms with Crippen LogP contribution < -0.4 is 14.8 Å². The Morgan fingerprint density at radius 2 is 2.10 bits per heavy atom. The average Bonchev–Trinajstić information content (AvgIpc) is 3.14. The molecule has 7 heteroatoms. The van der Waals surface area contributed by atoms with Crippen molar-refractivity contribution in [1.82, 2.24) is 5.32 Å². The van der Waals surface area contributed by atoms with Crippen LogP contribution in [0.25, 0.3) is 0 Å². The summed E-state index contributed by atoms with van der Waals surface area (Å²) in [5, 5.41) is 3.22. The van der Waals surface area contributed by atoms with E-state index in [2.05, 4.69) is 19.2 Å². The largest absolute Gasteiger partial charge is 0.493 e. The highest BCUT2D eigenvalue weighted by atomic mass is 19.3. The second-order valence-corrected chi connectivity index (χ2v) is 9.23. The number of carbonyl (C=O) groups is 1. The molecule has 3 fully saturated rings. The van der Waals surface area contributed by atoms with Gasteiger partial charge >= 0.3 is 6.61 Å². The van der Waals surface area contributed by atoms with E-state index in [0.717, 1.165) is 19.3 Å². The lowest BCUT2D eigenvalue weighted by Gasteiger charge is -2.53. The Morgan fingerprint density at radius 1 is 1.34 bits per heavy atom. The molecular formula is C22H29F2NO4. The van der Waals surface area contributed by atoms with Gasteiger partial charge < -0.3 is 19.5 Å². The SMILES string of the molecule is COc1cccc([C@H]2OCCC34C[C@@H](C[C@H]23)C(C)(C)[C@@H]4NC(C)=O)c1OC(F)F. The van der Waals surface area contributed by atoms with E-state index in [1.54, 1.807) is 25.1 Å². The first-order valence-corrected chi connectivity index (χ1v) is 10.2. The molecule has 1 saturated heterocycles. The Morgan fingerprint density at radius 3 is 2.76 bits per heavy atom. The zero-order valence-corrected chi connectivity index (χ0v) is 17.3. The molecule has 4 rings (SSSR count). The highest BCUT2D eigenvalue weighted by Crippen LogP contribution is 2.71. The van der Waals surface area contributed by atoms with Crippen molar-refractivity contribution in [1.29, 1.82) is 0 Å². The number of alkyl halides is 2. The third-order valence-electron chi connectivity index (χ3n) is 7.60. The summed E-state index contributed by atoms with van der Waals surface area (Å²) in [6.07, 6.45) is 2.45. The van der Waals surface area contributed by atoms with Crippen molar-refractivity contribution in [3.8, 4) is 11.5 Å². The average molecular weight is 409 g/mol. The zero-order valence-electron chi connectivity index (χ0n) is 17.3. The van der Waals surface area contributed by atoms with Crippen LogP contribution in [0.1, 0.15) is 51.7 Å². The third-order valence-corrected chi connectivity index (χ3v) is 7.60. The highest BCUT2D eigenvalue weighted by Gasteiger charge is 2.68. The summed E-state index contributed by atoms with van der Waals surface area (Å²) >= 11 is 0. The topological polar surface area (TPSA) is 56.8 Å². The molecule has 2 aliphatic carbocycles. The van der Waals surface area contributed by atoms with Gasteiger partial charge in [-0.3, -0.25) is 4.79 Å². The molecule has 2 saturated carbocycles. The number of fused-ring (bicyclic) bond motifs is 1. The van der Waals surface area contributed by atoms with Crippen molar-refractivity contribution in [3.63, 3.8) is 0 Å². The highest BCUT2D eigenvalue weighted by molar-refractivity contribution is 5.73. The Kier molecular flexibility index (Phi) is 5.00. The van der Waals surface area contributed by atoms with Crippen molar-refractivity contribution < 1.29 is 27.8 Å². The number of halogens is 2. The second kappa shape index (κ2) is 7.11. The molecule has 160 valence electrons. The van der Waals surface area contributed by atoms with Crippen LogP contribution in [0.5, 0.6) is 11.5 Å². The molecule has 1 unspecified atom stereocenters. The lowest BCUT2D eigenvalue weighted by atomic mass is 9.58. The van der Waals surface area contributed by atoms with E-state index >= 15 is 0 Å². The van der Waals surface area contributed by atoms with Crippen LogP contribution >= 0.6 is 0 Å². The van der Waals surface area contributed by atoms with Crippen molar-refractivity contribution in [2.24, 2.45) is 22.7 Å². The molecule has 1 N–H and O–H groups in total. The quantitative estimate of drug-likeness (QED) is 0.787. The normalized spacial score (nSPS) is 34.7. The van der Waals surface area contributed by atoms with Gasteiger partial charge in [-0.2, -0.15) is 8.78 Å². The second-order valence-electron chi connectivity index (χ2n) is 9.23. The molecule has 2 bridgehead atoms. The molecule has 5 nitrogen and oxygen atoms in total. The molecule has 1 spiro atoms. The summed E-state index contributed by atoms with van der Waals surface area (Å²) in [7, 11) is 1.44. The first-order chi connectivity index (χ1) is 13.7. The number of para-hydroxylation sites is 1. The number of hydrogen-bond acceptors (Lipinski definition) is 4. The monoisotopic (exact) mass is 409 g/mol. The first kappa shape index (κ1) is 20.4. The summed E-state index contributed by atoms with van der Waals surface area (Å²) in [5.74, 6) is 0.852. The van der Waals surface area contributed by atoms with Crippen LogP contribution in [0.3, 0.4) is 0 Å². The molecule has 1 aliphatic heterocycles. The number of rotatable bonds is 5. The molecule has 0 radical (unpaired) electrons. The minimum absolute atomic E-state index is 0.0132. The van der Waals surface area contributed by atoms with Gasteiger partial charge in [0.15, 0.2) is 11.5 Å². The summed E-state index contributed by atoms with van der Waals surface area (Å²) in [4.78, 5) is 12.0. The fraction of sp³-hybridized carbons (Fsp3) is 0.682. The van der Waals surface area contributed by atoms with Crippen LogP contribution in [0, 0.1) is 22.7 Å². The molecule has 3 aliphatic rings. The van der Waals surface area contributed by atoms with Crippen molar-refractivity contribution in [2.75, 3.05) is 13.7 Å². The Labute approximate surface area is 170 Å². The number of amides is 1. The maximum Gasteiger partial charge on any atom is 0.387 e. The lowest BCUT2D eigenvalue weighted by Crippen LogP contribution is -2.58. The predicted octanol–water partition coefficient (Wildman–Crippen LogP) is 4.32. The zero-order chi connectivity index (χ0) is 21.0. The van der Waals surface area contributed by atoms with Gasteiger partial charge in [0.05, 0.1) is 13.2 Å². The van der Waals surface area contributed by atoms with Crippen molar-refractivity contribution >= 4 is 5.91 Å². The first-order valence-electron chi connectivity index (χ1n) is 10.2. The standard InChI is InChI=1S/C22H29F2NO4/c1-12(26)25-19-21(2,3)13-10-15-17(28-9-8-22(15,19)11-13)14-6-5-7-16(27-4)18(14)29-20(23)24/h5-7,13,15,17,19-20H,8-11H2,1-4H3,(H,25,26)/t13-,15-,17-,19+,22?/m1/s1.